The monoisotopic (exact) mass is 310 g/mol. The molecule has 21 heavy (non-hydrogen) atoms. The van der Waals surface area contributed by atoms with Gasteiger partial charge >= 0.3 is 0 Å². The van der Waals surface area contributed by atoms with Crippen molar-refractivity contribution in [1.82, 2.24) is 14.9 Å². The van der Waals surface area contributed by atoms with Crippen LogP contribution in [0.2, 0.25) is 5.15 Å². The second kappa shape index (κ2) is 7.41. The summed E-state index contributed by atoms with van der Waals surface area (Å²) in [5.74, 6) is 2.01. The molecule has 0 radical (unpaired) electrons. The van der Waals surface area contributed by atoms with Crippen molar-refractivity contribution in [3.63, 3.8) is 0 Å². The third-order valence-electron chi connectivity index (χ3n) is 4.09. The van der Waals surface area contributed by atoms with Crippen molar-refractivity contribution in [1.29, 1.82) is 0 Å². The van der Waals surface area contributed by atoms with Gasteiger partial charge in [0, 0.05) is 30.6 Å². The summed E-state index contributed by atoms with van der Waals surface area (Å²) < 4.78 is 0. The number of hydrogen-bond donors (Lipinski definition) is 1. The smallest absolute Gasteiger partial charge is 0.137 e. The summed E-state index contributed by atoms with van der Waals surface area (Å²) in [5, 5.41) is 4.15. The highest BCUT2D eigenvalue weighted by atomic mass is 35.5. The summed E-state index contributed by atoms with van der Waals surface area (Å²) in [6.45, 7) is 12.0. The first kappa shape index (κ1) is 16.5. The SMILES string of the molecule is CCCN1CCC(Nc2nc(C(C)C)nc(Cl)c2C)CC1. The van der Waals surface area contributed by atoms with Crippen molar-refractivity contribution in [2.24, 2.45) is 0 Å². The Kier molecular flexibility index (Phi) is 5.82. The maximum absolute atomic E-state index is 6.25. The topological polar surface area (TPSA) is 41.0 Å². The maximum atomic E-state index is 6.25. The van der Waals surface area contributed by atoms with Gasteiger partial charge in [-0.25, -0.2) is 9.97 Å². The molecule has 2 heterocycles. The third kappa shape index (κ3) is 4.30. The first-order valence-electron chi connectivity index (χ1n) is 8.04. The largest absolute Gasteiger partial charge is 0.367 e. The number of rotatable bonds is 5. The number of nitrogens with one attached hydrogen (secondary N) is 1. The predicted molar refractivity (Wildman–Crippen MR) is 89.2 cm³/mol. The van der Waals surface area contributed by atoms with Crippen molar-refractivity contribution in [3.05, 3.63) is 16.5 Å². The molecule has 1 aliphatic rings. The molecule has 1 saturated heterocycles. The van der Waals surface area contributed by atoms with E-state index in [2.05, 4.69) is 41.0 Å². The van der Waals surface area contributed by atoms with E-state index in [0.717, 1.165) is 30.0 Å². The van der Waals surface area contributed by atoms with Crippen molar-refractivity contribution in [3.8, 4) is 0 Å². The minimum absolute atomic E-state index is 0.287. The highest BCUT2D eigenvalue weighted by Crippen LogP contribution is 2.25. The Morgan fingerprint density at radius 3 is 2.52 bits per heavy atom. The van der Waals surface area contributed by atoms with Gasteiger partial charge in [0.2, 0.25) is 0 Å². The average molecular weight is 311 g/mol. The molecule has 1 aliphatic heterocycles. The fourth-order valence-electron chi connectivity index (χ4n) is 2.71. The van der Waals surface area contributed by atoms with E-state index in [1.807, 2.05) is 6.92 Å². The van der Waals surface area contributed by atoms with Crippen LogP contribution in [0.25, 0.3) is 0 Å². The van der Waals surface area contributed by atoms with Crippen molar-refractivity contribution in [2.75, 3.05) is 25.0 Å². The van der Waals surface area contributed by atoms with E-state index in [1.165, 1.54) is 26.1 Å². The van der Waals surface area contributed by atoms with E-state index in [4.69, 9.17) is 11.6 Å². The van der Waals surface area contributed by atoms with Gasteiger partial charge in [-0.05, 0) is 32.7 Å². The summed E-state index contributed by atoms with van der Waals surface area (Å²) in [6.07, 6.45) is 3.56. The zero-order chi connectivity index (χ0) is 15.4. The molecule has 4 nitrogen and oxygen atoms in total. The Labute approximate surface area is 133 Å². The fraction of sp³-hybridized carbons (Fsp3) is 0.750. The molecule has 2 rings (SSSR count). The Morgan fingerprint density at radius 1 is 1.29 bits per heavy atom. The highest BCUT2D eigenvalue weighted by molar-refractivity contribution is 6.30. The Morgan fingerprint density at radius 2 is 1.95 bits per heavy atom. The van der Waals surface area contributed by atoms with Gasteiger partial charge in [-0.1, -0.05) is 32.4 Å². The first-order chi connectivity index (χ1) is 10.0. The molecule has 0 spiro atoms. The Balaban J connectivity index is 2.03. The van der Waals surface area contributed by atoms with Crippen molar-refractivity contribution >= 4 is 17.4 Å². The molecule has 5 heteroatoms. The summed E-state index contributed by atoms with van der Waals surface area (Å²) >= 11 is 6.25. The van der Waals surface area contributed by atoms with Crippen LogP contribution in [0.4, 0.5) is 5.82 Å². The van der Waals surface area contributed by atoms with Gasteiger partial charge in [-0.3, -0.25) is 0 Å². The van der Waals surface area contributed by atoms with Gasteiger partial charge in [0.1, 0.15) is 16.8 Å². The van der Waals surface area contributed by atoms with Gasteiger partial charge in [0.05, 0.1) is 0 Å². The quantitative estimate of drug-likeness (QED) is 0.839. The summed E-state index contributed by atoms with van der Waals surface area (Å²) in [4.78, 5) is 11.6. The highest BCUT2D eigenvalue weighted by Gasteiger charge is 2.20. The molecule has 1 aromatic heterocycles. The minimum atomic E-state index is 0.287. The Hall–Kier alpha value is -0.870. The van der Waals surface area contributed by atoms with E-state index < -0.39 is 0 Å². The summed E-state index contributed by atoms with van der Waals surface area (Å²) in [6, 6.07) is 0.489. The number of likely N-dealkylation sites (tertiary alicyclic amines) is 1. The molecule has 1 aromatic rings. The van der Waals surface area contributed by atoms with E-state index >= 15 is 0 Å². The zero-order valence-corrected chi connectivity index (χ0v) is 14.4. The van der Waals surface area contributed by atoms with Crippen LogP contribution in [0.5, 0.6) is 0 Å². The number of aromatic nitrogens is 2. The predicted octanol–water partition coefficient (Wildman–Crippen LogP) is 3.85. The van der Waals surface area contributed by atoms with E-state index in [9.17, 15) is 0 Å². The second-order valence-electron chi connectivity index (χ2n) is 6.26. The lowest BCUT2D eigenvalue weighted by Gasteiger charge is -2.32. The van der Waals surface area contributed by atoms with E-state index in [1.54, 1.807) is 0 Å². The standard InChI is InChI=1S/C16H27ClN4/c1-5-8-21-9-6-13(7-10-21)18-16-12(4)14(17)19-15(20-16)11(2)3/h11,13H,5-10H2,1-4H3,(H,18,19,20). The van der Waals surface area contributed by atoms with E-state index in [0.29, 0.717) is 11.2 Å². The van der Waals surface area contributed by atoms with Crippen LogP contribution in [0.3, 0.4) is 0 Å². The number of hydrogen-bond acceptors (Lipinski definition) is 4. The summed E-state index contributed by atoms with van der Waals surface area (Å²) in [5.41, 5.74) is 0.956. The molecule has 0 atom stereocenters. The van der Waals surface area contributed by atoms with Crippen LogP contribution >= 0.6 is 11.6 Å². The number of piperidine rings is 1. The molecule has 0 saturated carbocycles. The van der Waals surface area contributed by atoms with Crippen LogP contribution in [0.1, 0.15) is 57.3 Å². The lowest BCUT2D eigenvalue weighted by atomic mass is 10.0. The molecule has 0 bridgehead atoms. The molecule has 0 aliphatic carbocycles. The molecule has 1 fully saturated rings. The fourth-order valence-corrected chi connectivity index (χ4v) is 2.89. The Bertz CT molecular complexity index is 468. The maximum Gasteiger partial charge on any atom is 0.137 e. The second-order valence-corrected chi connectivity index (χ2v) is 6.62. The number of anilines is 1. The third-order valence-corrected chi connectivity index (χ3v) is 4.46. The molecule has 0 amide bonds. The van der Waals surface area contributed by atoms with Crippen molar-refractivity contribution in [2.45, 2.75) is 58.9 Å². The van der Waals surface area contributed by atoms with Crippen LogP contribution in [0.15, 0.2) is 0 Å². The van der Waals surface area contributed by atoms with Crippen LogP contribution < -0.4 is 5.32 Å². The van der Waals surface area contributed by atoms with Gasteiger partial charge in [-0.15, -0.1) is 0 Å². The van der Waals surface area contributed by atoms with Crippen molar-refractivity contribution < 1.29 is 0 Å². The minimum Gasteiger partial charge on any atom is -0.367 e. The molecular formula is C16H27ClN4. The number of halogens is 1. The van der Waals surface area contributed by atoms with Gasteiger partial charge in [-0.2, -0.15) is 0 Å². The molecule has 0 unspecified atom stereocenters. The van der Waals surface area contributed by atoms with Gasteiger partial charge in [0.25, 0.3) is 0 Å². The molecule has 118 valence electrons. The summed E-state index contributed by atoms with van der Waals surface area (Å²) in [7, 11) is 0. The number of nitrogens with zero attached hydrogens (tertiary/aromatic N) is 3. The van der Waals surface area contributed by atoms with Crippen LogP contribution in [0, 0.1) is 6.92 Å². The molecular weight excluding hydrogens is 284 g/mol. The normalized spacial score (nSPS) is 17.4. The van der Waals surface area contributed by atoms with E-state index in [-0.39, 0.29) is 5.92 Å². The van der Waals surface area contributed by atoms with Crippen LogP contribution in [-0.4, -0.2) is 40.5 Å². The molecule has 0 aromatic carbocycles. The zero-order valence-electron chi connectivity index (χ0n) is 13.6. The van der Waals surface area contributed by atoms with Crippen LogP contribution in [-0.2, 0) is 0 Å². The molecule has 1 N–H and O–H groups in total. The van der Waals surface area contributed by atoms with Gasteiger partial charge < -0.3 is 10.2 Å². The first-order valence-corrected chi connectivity index (χ1v) is 8.42. The van der Waals surface area contributed by atoms with Gasteiger partial charge in [0.15, 0.2) is 0 Å². The average Bonchev–Trinajstić information content (AvgIpc) is 2.45. The lowest BCUT2D eigenvalue weighted by Crippen LogP contribution is -2.39. The lowest BCUT2D eigenvalue weighted by molar-refractivity contribution is 0.219.